The van der Waals surface area contributed by atoms with Gasteiger partial charge in [0.25, 0.3) is 0 Å². The Bertz CT molecular complexity index is 498. The van der Waals surface area contributed by atoms with Crippen LogP contribution in [-0.4, -0.2) is 37.2 Å². The third-order valence-corrected chi connectivity index (χ3v) is 3.78. The van der Waals surface area contributed by atoms with E-state index in [1.807, 2.05) is 27.7 Å². The average molecular weight is 467 g/mol. The second-order valence-corrected chi connectivity index (χ2v) is 7.58. The molecule has 0 amide bonds. The summed E-state index contributed by atoms with van der Waals surface area (Å²) < 4.78 is 5.26. The Morgan fingerprint density at radius 2 is 2.08 bits per heavy atom. The summed E-state index contributed by atoms with van der Waals surface area (Å²) >= 11 is 1.78. The van der Waals surface area contributed by atoms with Gasteiger partial charge in [-0.05, 0) is 51.5 Å². The van der Waals surface area contributed by atoms with Gasteiger partial charge in [0.15, 0.2) is 5.96 Å². The lowest BCUT2D eigenvalue weighted by Crippen LogP contribution is -2.40. The fourth-order valence-electron chi connectivity index (χ4n) is 1.97. The maximum Gasteiger partial charge on any atom is 0.328 e. The van der Waals surface area contributed by atoms with Crippen LogP contribution < -0.4 is 10.6 Å². The number of esters is 1. The van der Waals surface area contributed by atoms with Crippen LogP contribution in [-0.2, 0) is 16.0 Å². The van der Waals surface area contributed by atoms with Crippen molar-refractivity contribution in [2.45, 2.75) is 46.6 Å². The van der Waals surface area contributed by atoms with Gasteiger partial charge in [-0.3, -0.25) is 4.79 Å². The van der Waals surface area contributed by atoms with Gasteiger partial charge < -0.3 is 15.4 Å². The number of thiophene rings is 1. The molecule has 7 heteroatoms. The van der Waals surface area contributed by atoms with Crippen LogP contribution in [0.25, 0.3) is 0 Å². The van der Waals surface area contributed by atoms with Crippen LogP contribution in [0.15, 0.2) is 22.5 Å². The van der Waals surface area contributed by atoms with Gasteiger partial charge in [-0.1, -0.05) is 13.0 Å². The minimum absolute atomic E-state index is 0. The molecule has 0 bridgehead atoms. The Morgan fingerprint density at radius 3 is 2.62 bits per heavy atom. The molecule has 0 aromatic carbocycles. The molecule has 1 aromatic heterocycles. The Hall–Kier alpha value is -0.830. The van der Waals surface area contributed by atoms with E-state index < -0.39 is 5.60 Å². The third kappa shape index (κ3) is 10.9. The molecule has 1 atom stereocenters. The van der Waals surface area contributed by atoms with Crippen LogP contribution in [0.4, 0.5) is 0 Å². The zero-order valence-corrected chi connectivity index (χ0v) is 18.4. The molecular formula is C17H30IN3O2S. The molecule has 1 aromatic rings. The summed E-state index contributed by atoms with van der Waals surface area (Å²) in [5.41, 5.74) is -0.479. The van der Waals surface area contributed by atoms with Crippen LogP contribution in [0.2, 0.25) is 0 Å². The van der Waals surface area contributed by atoms with E-state index in [1.165, 1.54) is 4.88 Å². The third-order valence-electron chi connectivity index (χ3n) is 2.88. The van der Waals surface area contributed by atoms with Crippen molar-refractivity contribution in [2.24, 2.45) is 10.9 Å². The highest BCUT2D eigenvalue weighted by molar-refractivity contribution is 14.0. The highest BCUT2D eigenvalue weighted by Gasteiger charge is 2.16. The summed E-state index contributed by atoms with van der Waals surface area (Å²) in [6.45, 7) is 11.3. The minimum atomic E-state index is -0.479. The summed E-state index contributed by atoms with van der Waals surface area (Å²) in [6, 6.07) is 4.23. The molecule has 0 fully saturated rings. The highest BCUT2D eigenvalue weighted by Crippen LogP contribution is 2.13. The summed E-state index contributed by atoms with van der Waals surface area (Å²) in [5, 5.41) is 8.53. The Labute approximate surface area is 166 Å². The number of rotatable bonds is 7. The average Bonchev–Trinajstić information content (AvgIpc) is 2.93. The molecule has 0 spiro atoms. The lowest BCUT2D eigenvalue weighted by molar-refractivity contribution is -0.152. The molecule has 1 unspecified atom stereocenters. The zero-order valence-electron chi connectivity index (χ0n) is 15.2. The number of carbonyl (C=O) groups excluding carboxylic acids is 1. The van der Waals surface area contributed by atoms with E-state index in [2.05, 4.69) is 40.1 Å². The first-order valence-electron chi connectivity index (χ1n) is 8.06. The standard InChI is InChI=1S/C17H29N3O2S.HI/c1-6-18-16(20-12-15(21)22-17(3,4)5)19-11-13(2)10-14-8-7-9-23-14;/h7-9,13H,6,10-12H2,1-5H3,(H2,18,19,20);1H. The molecule has 0 radical (unpaired) electrons. The molecule has 0 aliphatic heterocycles. The monoisotopic (exact) mass is 467 g/mol. The van der Waals surface area contributed by atoms with Crippen LogP contribution in [0.3, 0.4) is 0 Å². The summed E-state index contributed by atoms with van der Waals surface area (Å²) in [4.78, 5) is 17.4. The molecule has 5 nitrogen and oxygen atoms in total. The number of aliphatic imine (C=N–C) groups is 1. The van der Waals surface area contributed by atoms with E-state index in [-0.39, 0.29) is 36.5 Å². The first kappa shape index (κ1) is 23.2. The number of hydrogen-bond donors (Lipinski definition) is 2. The quantitative estimate of drug-likeness (QED) is 0.279. The largest absolute Gasteiger partial charge is 0.459 e. The molecule has 138 valence electrons. The van der Waals surface area contributed by atoms with Gasteiger partial charge >= 0.3 is 5.97 Å². The number of nitrogens with one attached hydrogen (secondary N) is 2. The second-order valence-electron chi connectivity index (χ2n) is 6.55. The van der Waals surface area contributed by atoms with Crippen molar-refractivity contribution in [1.82, 2.24) is 10.6 Å². The van der Waals surface area contributed by atoms with Gasteiger partial charge in [-0.25, -0.2) is 4.99 Å². The van der Waals surface area contributed by atoms with E-state index in [9.17, 15) is 4.79 Å². The summed E-state index contributed by atoms with van der Waals surface area (Å²) in [6.07, 6.45) is 1.04. The van der Waals surface area contributed by atoms with Crippen molar-refractivity contribution >= 4 is 47.2 Å². The molecule has 1 heterocycles. The van der Waals surface area contributed by atoms with Crippen LogP contribution in [0.5, 0.6) is 0 Å². The van der Waals surface area contributed by atoms with Gasteiger partial charge in [0.1, 0.15) is 12.1 Å². The maximum absolute atomic E-state index is 11.7. The molecule has 0 saturated carbocycles. The molecule has 24 heavy (non-hydrogen) atoms. The maximum atomic E-state index is 11.7. The molecular weight excluding hydrogens is 437 g/mol. The van der Waals surface area contributed by atoms with Crippen LogP contribution in [0, 0.1) is 5.92 Å². The Balaban J connectivity index is 0.00000529. The number of ether oxygens (including phenoxy) is 1. The molecule has 2 N–H and O–H groups in total. The van der Waals surface area contributed by atoms with Crippen molar-refractivity contribution in [3.8, 4) is 0 Å². The van der Waals surface area contributed by atoms with E-state index in [0.29, 0.717) is 11.9 Å². The first-order chi connectivity index (χ1) is 10.8. The van der Waals surface area contributed by atoms with Crippen molar-refractivity contribution in [1.29, 1.82) is 0 Å². The van der Waals surface area contributed by atoms with Gasteiger partial charge in [-0.15, -0.1) is 35.3 Å². The fraction of sp³-hybridized carbons (Fsp3) is 0.647. The summed E-state index contributed by atoms with van der Waals surface area (Å²) in [5.74, 6) is 0.816. The van der Waals surface area contributed by atoms with Crippen LogP contribution >= 0.6 is 35.3 Å². The van der Waals surface area contributed by atoms with Gasteiger partial charge in [-0.2, -0.15) is 0 Å². The lowest BCUT2D eigenvalue weighted by Gasteiger charge is -2.19. The van der Waals surface area contributed by atoms with Crippen molar-refractivity contribution < 1.29 is 9.53 Å². The fourth-order valence-corrected chi connectivity index (χ4v) is 2.84. The van der Waals surface area contributed by atoms with Gasteiger partial charge in [0.05, 0.1) is 0 Å². The van der Waals surface area contributed by atoms with Crippen LogP contribution in [0.1, 0.15) is 39.5 Å². The minimum Gasteiger partial charge on any atom is -0.459 e. The number of nitrogens with zero attached hydrogens (tertiary/aromatic N) is 1. The highest BCUT2D eigenvalue weighted by atomic mass is 127. The Kier molecular flexibility index (Phi) is 11.3. The summed E-state index contributed by atoms with van der Waals surface area (Å²) in [7, 11) is 0. The predicted molar refractivity (Wildman–Crippen MR) is 112 cm³/mol. The zero-order chi connectivity index (χ0) is 17.3. The van der Waals surface area contributed by atoms with E-state index in [1.54, 1.807) is 11.3 Å². The Morgan fingerprint density at radius 1 is 1.38 bits per heavy atom. The van der Waals surface area contributed by atoms with E-state index >= 15 is 0 Å². The smallest absolute Gasteiger partial charge is 0.328 e. The van der Waals surface area contributed by atoms with Crippen molar-refractivity contribution in [3.63, 3.8) is 0 Å². The molecule has 0 saturated heterocycles. The SMILES string of the molecule is CCNC(=NCC(=O)OC(C)(C)C)NCC(C)Cc1cccs1.I. The second kappa shape index (κ2) is 11.7. The topological polar surface area (TPSA) is 62.7 Å². The molecule has 0 aliphatic rings. The number of halogens is 1. The van der Waals surface area contributed by atoms with Crippen molar-refractivity contribution in [3.05, 3.63) is 22.4 Å². The lowest BCUT2D eigenvalue weighted by atomic mass is 10.1. The normalized spacial score (nSPS) is 13.0. The van der Waals surface area contributed by atoms with E-state index in [4.69, 9.17) is 4.74 Å². The predicted octanol–water partition coefficient (Wildman–Crippen LogP) is 3.44. The van der Waals surface area contributed by atoms with E-state index in [0.717, 1.165) is 19.5 Å². The van der Waals surface area contributed by atoms with Gasteiger partial charge in [0, 0.05) is 18.0 Å². The van der Waals surface area contributed by atoms with Crippen molar-refractivity contribution in [2.75, 3.05) is 19.6 Å². The molecule has 1 rings (SSSR count). The molecule has 0 aliphatic carbocycles. The number of carbonyl (C=O) groups is 1. The number of hydrogen-bond acceptors (Lipinski definition) is 4. The first-order valence-corrected chi connectivity index (χ1v) is 8.94. The number of guanidine groups is 1. The van der Waals surface area contributed by atoms with Gasteiger partial charge in [0.2, 0.25) is 0 Å².